The summed E-state index contributed by atoms with van der Waals surface area (Å²) in [4.78, 5) is 12.5. The van der Waals surface area contributed by atoms with Crippen molar-refractivity contribution in [3.8, 4) is 11.3 Å². The van der Waals surface area contributed by atoms with Crippen molar-refractivity contribution < 1.29 is 13.9 Å². The maximum atomic E-state index is 13.6. The van der Waals surface area contributed by atoms with E-state index in [9.17, 15) is 9.18 Å². The smallest absolute Gasteiger partial charge is 0.435 e. The molecule has 3 rings (SSSR count). The largest absolute Gasteiger partial charge is 0.442 e. The van der Waals surface area contributed by atoms with E-state index in [1.165, 1.54) is 16.8 Å². The van der Waals surface area contributed by atoms with Crippen LogP contribution in [0.3, 0.4) is 0 Å². The fourth-order valence-corrected chi connectivity index (χ4v) is 2.59. The van der Waals surface area contributed by atoms with E-state index in [4.69, 9.17) is 10.5 Å². The summed E-state index contributed by atoms with van der Waals surface area (Å²) >= 11 is 0. The van der Waals surface area contributed by atoms with Gasteiger partial charge in [0, 0.05) is 17.5 Å². The molecule has 1 aromatic heterocycles. The highest BCUT2D eigenvalue weighted by molar-refractivity contribution is 5.98. The molecule has 0 aliphatic rings. The summed E-state index contributed by atoms with van der Waals surface area (Å²) in [6.45, 7) is 5.72. The summed E-state index contributed by atoms with van der Waals surface area (Å²) in [5.41, 5.74) is 7.66. The van der Waals surface area contributed by atoms with Crippen LogP contribution in [0.2, 0.25) is 0 Å². The quantitative estimate of drug-likeness (QED) is 0.762. The molecule has 0 unspecified atom stereocenters. The molecule has 2 N–H and O–H groups in total. The first-order valence-corrected chi connectivity index (χ1v) is 7.99. The minimum Gasteiger partial charge on any atom is -0.442 e. The Morgan fingerprint density at radius 2 is 2.00 bits per heavy atom. The zero-order chi connectivity index (χ0) is 18.2. The number of hydrogen-bond donors (Lipinski definition) is 1. The fraction of sp³-hybridized carbons (Fsp3) is 0.263. The van der Waals surface area contributed by atoms with E-state index in [2.05, 4.69) is 5.10 Å². The first kappa shape index (κ1) is 17.1. The zero-order valence-corrected chi connectivity index (χ0v) is 14.4. The summed E-state index contributed by atoms with van der Waals surface area (Å²) in [7, 11) is 0. The highest BCUT2D eigenvalue weighted by Gasteiger charge is 2.22. The summed E-state index contributed by atoms with van der Waals surface area (Å²) in [5.74, 6) is -0.368. The monoisotopic (exact) mass is 341 g/mol. The number of nitrogens with two attached hydrogens (primary N) is 1. The van der Waals surface area contributed by atoms with Gasteiger partial charge in [-0.05, 0) is 50.6 Å². The summed E-state index contributed by atoms with van der Waals surface area (Å²) < 4.78 is 20.3. The molecule has 0 saturated heterocycles. The molecule has 1 heterocycles. The minimum atomic E-state index is -0.647. The van der Waals surface area contributed by atoms with Crippen LogP contribution in [0.1, 0.15) is 26.3 Å². The van der Waals surface area contributed by atoms with Gasteiger partial charge in [-0.1, -0.05) is 18.2 Å². The molecule has 130 valence electrons. The van der Waals surface area contributed by atoms with Gasteiger partial charge in [-0.25, -0.2) is 9.18 Å². The lowest BCUT2D eigenvalue weighted by Gasteiger charge is -2.19. The van der Waals surface area contributed by atoms with Crippen LogP contribution in [0.4, 0.5) is 9.18 Å². The molecule has 0 atom stereocenters. The molecule has 0 fully saturated rings. The van der Waals surface area contributed by atoms with Crippen LogP contribution >= 0.6 is 0 Å². The van der Waals surface area contributed by atoms with Crippen molar-refractivity contribution in [1.29, 1.82) is 0 Å². The predicted molar refractivity (Wildman–Crippen MR) is 94.7 cm³/mol. The van der Waals surface area contributed by atoms with Gasteiger partial charge in [-0.3, -0.25) is 0 Å². The Kier molecular flexibility index (Phi) is 4.30. The molecule has 0 radical (unpaired) electrons. The molecule has 0 amide bonds. The SMILES string of the molecule is CC(C)(C)OC(=O)n1nc(-c2cccc(F)c2)c2cc(CN)ccc21. The number of carbonyl (C=O) groups excluding carboxylic acids is 1. The second kappa shape index (κ2) is 6.29. The Balaban J connectivity index is 2.21. The zero-order valence-electron chi connectivity index (χ0n) is 14.4. The van der Waals surface area contributed by atoms with Crippen molar-refractivity contribution in [2.75, 3.05) is 0 Å². The van der Waals surface area contributed by atoms with E-state index in [1.54, 1.807) is 39.0 Å². The van der Waals surface area contributed by atoms with E-state index in [0.29, 0.717) is 23.3 Å². The number of nitrogens with zero attached hydrogens (tertiary/aromatic N) is 2. The number of aromatic nitrogens is 2. The first-order chi connectivity index (χ1) is 11.8. The van der Waals surface area contributed by atoms with Crippen LogP contribution in [0, 0.1) is 5.82 Å². The Labute approximate surface area is 145 Å². The molecule has 5 nitrogen and oxygen atoms in total. The average molecular weight is 341 g/mol. The van der Waals surface area contributed by atoms with Gasteiger partial charge in [0.2, 0.25) is 0 Å². The molecule has 6 heteroatoms. The molecule has 3 aromatic rings. The summed E-state index contributed by atoms with van der Waals surface area (Å²) in [5, 5.41) is 5.12. The lowest BCUT2D eigenvalue weighted by Crippen LogP contribution is -2.27. The highest BCUT2D eigenvalue weighted by atomic mass is 19.1. The lowest BCUT2D eigenvalue weighted by molar-refractivity contribution is 0.0523. The van der Waals surface area contributed by atoms with E-state index < -0.39 is 11.7 Å². The predicted octanol–water partition coefficient (Wildman–Crippen LogP) is 4.08. The second-order valence-corrected chi connectivity index (χ2v) is 6.81. The second-order valence-electron chi connectivity index (χ2n) is 6.81. The molecule has 0 aliphatic carbocycles. The summed E-state index contributed by atoms with van der Waals surface area (Å²) in [6, 6.07) is 11.6. The molecule has 0 saturated carbocycles. The van der Waals surface area contributed by atoms with E-state index in [0.717, 1.165) is 10.9 Å². The van der Waals surface area contributed by atoms with Crippen LogP contribution in [0.15, 0.2) is 42.5 Å². The van der Waals surface area contributed by atoms with E-state index >= 15 is 0 Å². The van der Waals surface area contributed by atoms with Gasteiger partial charge in [-0.15, -0.1) is 0 Å². The first-order valence-electron chi connectivity index (χ1n) is 7.99. The third kappa shape index (κ3) is 3.53. The molecule has 25 heavy (non-hydrogen) atoms. The van der Waals surface area contributed by atoms with Gasteiger partial charge in [0.25, 0.3) is 0 Å². The van der Waals surface area contributed by atoms with Crippen molar-refractivity contribution in [3.05, 3.63) is 53.8 Å². The maximum absolute atomic E-state index is 13.6. The van der Waals surface area contributed by atoms with Gasteiger partial charge < -0.3 is 10.5 Å². The van der Waals surface area contributed by atoms with Gasteiger partial charge in [-0.2, -0.15) is 9.78 Å². The van der Waals surface area contributed by atoms with Crippen LogP contribution < -0.4 is 5.73 Å². The van der Waals surface area contributed by atoms with Gasteiger partial charge in [0.05, 0.1) is 5.52 Å². The number of fused-ring (bicyclic) bond motifs is 1. The summed E-state index contributed by atoms with van der Waals surface area (Å²) in [6.07, 6.45) is -0.583. The topological polar surface area (TPSA) is 70.1 Å². The molecule has 2 aromatic carbocycles. The standard InChI is InChI=1S/C19H20FN3O2/c1-19(2,3)25-18(24)23-16-8-7-12(11-21)9-15(16)17(22-23)13-5-4-6-14(20)10-13/h4-10H,11,21H2,1-3H3. The van der Waals surface area contributed by atoms with E-state index in [-0.39, 0.29) is 5.82 Å². The third-order valence-electron chi connectivity index (χ3n) is 3.64. The number of carbonyl (C=O) groups is 1. The van der Waals surface area contributed by atoms with Crippen molar-refractivity contribution >= 4 is 17.0 Å². The van der Waals surface area contributed by atoms with Crippen molar-refractivity contribution in [2.45, 2.75) is 32.9 Å². The third-order valence-corrected chi connectivity index (χ3v) is 3.64. The number of ether oxygens (including phenoxy) is 1. The van der Waals surface area contributed by atoms with Gasteiger partial charge in [0.15, 0.2) is 0 Å². The number of hydrogen-bond acceptors (Lipinski definition) is 4. The Morgan fingerprint density at radius 3 is 2.64 bits per heavy atom. The molecule has 0 spiro atoms. The van der Waals surface area contributed by atoms with Crippen molar-refractivity contribution in [1.82, 2.24) is 9.78 Å². The number of halogens is 1. The van der Waals surface area contributed by atoms with Crippen molar-refractivity contribution in [3.63, 3.8) is 0 Å². The average Bonchev–Trinajstić information content (AvgIpc) is 2.92. The van der Waals surface area contributed by atoms with E-state index in [1.807, 2.05) is 12.1 Å². The minimum absolute atomic E-state index is 0.357. The lowest BCUT2D eigenvalue weighted by atomic mass is 10.1. The molecule has 0 aliphatic heterocycles. The normalized spacial score (nSPS) is 11.7. The molecule has 0 bridgehead atoms. The van der Waals surface area contributed by atoms with Crippen molar-refractivity contribution in [2.24, 2.45) is 5.73 Å². The Hall–Kier alpha value is -2.73. The maximum Gasteiger partial charge on any atom is 0.435 e. The molecular formula is C19H20FN3O2. The number of benzene rings is 2. The van der Waals surface area contributed by atoms with Gasteiger partial charge in [0.1, 0.15) is 17.1 Å². The number of rotatable bonds is 2. The highest BCUT2D eigenvalue weighted by Crippen LogP contribution is 2.29. The van der Waals surface area contributed by atoms with Gasteiger partial charge >= 0.3 is 6.09 Å². The fourth-order valence-electron chi connectivity index (χ4n) is 2.59. The van der Waals surface area contributed by atoms with Crippen LogP contribution in [0.25, 0.3) is 22.2 Å². The Morgan fingerprint density at radius 1 is 1.24 bits per heavy atom. The molecular weight excluding hydrogens is 321 g/mol. The van der Waals surface area contributed by atoms with Crippen LogP contribution in [0.5, 0.6) is 0 Å². The van der Waals surface area contributed by atoms with Crippen LogP contribution in [-0.4, -0.2) is 21.5 Å². The Bertz CT molecular complexity index is 941. The van der Waals surface area contributed by atoms with Crippen LogP contribution in [-0.2, 0) is 11.3 Å².